The van der Waals surface area contributed by atoms with Gasteiger partial charge in [0.05, 0.1) is 22.9 Å². The van der Waals surface area contributed by atoms with Gasteiger partial charge in [-0.05, 0) is 48.6 Å². The lowest BCUT2D eigenvalue weighted by atomic mass is 9.72. The van der Waals surface area contributed by atoms with E-state index in [2.05, 4.69) is 36.1 Å². The Morgan fingerprint density at radius 2 is 1.97 bits per heavy atom. The first-order valence-electron chi connectivity index (χ1n) is 11.2. The number of aromatic amines is 1. The molecule has 2 N–H and O–H groups in total. The number of amides is 1. The monoisotopic (exact) mass is 430 g/mol. The zero-order valence-electron chi connectivity index (χ0n) is 18.1. The van der Waals surface area contributed by atoms with Crippen LogP contribution >= 0.6 is 0 Å². The number of carbonyl (C=O) groups excluding carboxylic acids is 1. The molecule has 6 rings (SSSR count). The molecule has 2 aliphatic heterocycles. The van der Waals surface area contributed by atoms with Crippen LogP contribution in [0.4, 0.5) is 5.69 Å². The Morgan fingerprint density at radius 3 is 2.66 bits per heavy atom. The maximum atomic E-state index is 12.3. The van der Waals surface area contributed by atoms with Gasteiger partial charge in [-0.2, -0.15) is 0 Å². The summed E-state index contributed by atoms with van der Waals surface area (Å²) in [6.45, 7) is 4.99. The SMILES string of the molecule is CNC(=O)c1ccc(N2CC3(CN(Cc4cnc5cc(C6CC6)c(=O)[nH]c5c4)C3)C2)cn1. The number of hydrogen-bond acceptors (Lipinski definition) is 6. The maximum Gasteiger partial charge on any atom is 0.269 e. The predicted molar refractivity (Wildman–Crippen MR) is 122 cm³/mol. The number of fused-ring (bicyclic) bond motifs is 1. The average Bonchev–Trinajstić information content (AvgIpc) is 3.58. The fourth-order valence-corrected chi connectivity index (χ4v) is 5.18. The van der Waals surface area contributed by atoms with Crippen molar-refractivity contribution in [1.82, 2.24) is 25.2 Å². The summed E-state index contributed by atoms with van der Waals surface area (Å²) in [6.07, 6.45) is 5.94. The molecule has 8 nitrogen and oxygen atoms in total. The largest absolute Gasteiger partial charge is 0.369 e. The Kier molecular flexibility index (Phi) is 4.33. The summed E-state index contributed by atoms with van der Waals surface area (Å²) in [5.74, 6) is 0.260. The van der Waals surface area contributed by atoms with Crippen LogP contribution in [-0.4, -0.2) is 59.0 Å². The molecular weight excluding hydrogens is 404 g/mol. The number of carbonyl (C=O) groups is 1. The number of pyridine rings is 3. The maximum absolute atomic E-state index is 12.3. The Bertz CT molecular complexity index is 1250. The van der Waals surface area contributed by atoms with Crippen LogP contribution in [0.3, 0.4) is 0 Å². The third-order valence-corrected chi connectivity index (χ3v) is 6.94. The second-order valence-corrected chi connectivity index (χ2v) is 9.59. The standard InChI is InChI=1S/C24H26N6O2/c1-25-23(32)19-5-4-17(9-27-19)30-13-24(14-30)11-29(12-24)10-15-6-21-20(26-8-15)7-18(16-2-3-16)22(31)28-21/h4-9,16H,2-3,10-14H2,1H3,(H,25,32)(H,28,31). The van der Waals surface area contributed by atoms with Crippen LogP contribution in [0.2, 0.25) is 0 Å². The van der Waals surface area contributed by atoms with Crippen molar-refractivity contribution in [2.75, 3.05) is 38.1 Å². The van der Waals surface area contributed by atoms with Crippen LogP contribution in [0.25, 0.3) is 11.0 Å². The fraction of sp³-hybridized carbons (Fsp3) is 0.417. The zero-order chi connectivity index (χ0) is 21.9. The average molecular weight is 431 g/mol. The molecule has 1 amide bonds. The molecule has 3 fully saturated rings. The summed E-state index contributed by atoms with van der Waals surface area (Å²) in [5, 5.41) is 2.59. The van der Waals surface area contributed by atoms with Crippen LogP contribution in [0.1, 0.15) is 40.4 Å². The zero-order valence-corrected chi connectivity index (χ0v) is 18.1. The van der Waals surface area contributed by atoms with Gasteiger partial charge in [-0.3, -0.25) is 19.5 Å². The first-order valence-corrected chi connectivity index (χ1v) is 11.2. The molecule has 3 aromatic rings. The van der Waals surface area contributed by atoms with Crippen LogP contribution in [0.5, 0.6) is 0 Å². The molecule has 8 heteroatoms. The topological polar surface area (TPSA) is 94.2 Å². The van der Waals surface area contributed by atoms with E-state index in [9.17, 15) is 9.59 Å². The van der Waals surface area contributed by atoms with Crippen molar-refractivity contribution >= 4 is 22.6 Å². The fourth-order valence-electron chi connectivity index (χ4n) is 5.18. The molecule has 0 unspecified atom stereocenters. The highest BCUT2D eigenvalue weighted by atomic mass is 16.1. The van der Waals surface area contributed by atoms with Gasteiger partial charge in [0.1, 0.15) is 5.69 Å². The molecule has 0 aromatic carbocycles. The summed E-state index contributed by atoms with van der Waals surface area (Å²) >= 11 is 0. The van der Waals surface area contributed by atoms with Gasteiger partial charge in [-0.1, -0.05) is 0 Å². The minimum Gasteiger partial charge on any atom is -0.369 e. The highest BCUT2D eigenvalue weighted by Crippen LogP contribution is 2.42. The van der Waals surface area contributed by atoms with E-state index in [1.807, 2.05) is 18.3 Å². The van der Waals surface area contributed by atoms with E-state index in [0.29, 0.717) is 17.0 Å². The van der Waals surface area contributed by atoms with Gasteiger partial charge >= 0.3 is 0 Å². The van der Waals surface area contributed by atoms with E-state index in [0.717, 1.165) is 73.4 Å². The molecule has 3 aliphatic rings. The normalized spacial score (nSPS) is 19.6. The van der Waals surface area contributed by atoms with Crippen LogP contribution in [0.15, 0.2) is 41.5 Å². The smallest absolute Gasteiger partial charge is 0.269 e. The first kappa shape index (κ1) is 19.4. The van der Waals surface area contributed by atoms with Gasteiger partial charge in [0.25, 0.3) is 11.5 Å². The van der Waals surface area contributed by atoms with Gasteiger partial charge in [-0.25, -0.2) is 4.98 Å². The molecule has 1 saturated carbocycles. The Balaban J connectivity index is 1.06. The van der Waals surface area contributed by atoms with Crippen LogP contribution in [0, 0.1) is 5.41 Å². The van der Waals surface area contributed by atoms with Crippen LogP contribution in [-0.2, 0) is 6.54 Å². The molecular formula is C24H26N6O2. The van der Waals surface area contributed by atoms with Crippen LogP contribution < -0.4 is 15.8 Å². The molecule has 2 saturated heterocycles. The minimum absolute atomic E-state index is 0.0364. The van der Waals surface area contributed by atoms with Crippen molar-refractivity contribution in [2.24, 2.45) is 5.41 Å². The van der Waals surface area contributed by atoms with Crippen molar-refractivity contribution < 1.29 is 4.79 Å². The third-order valence-electron chi connectivity index (χ3n) is 6.94. The molecule has 5 heterocycles. The number of rotatable bonds is 5. The number of nitrogens with one attached hydrogen (secondary N) is 2. The molecule has 3 aromatic heterocycles. The van der Waals surface area contributed by atoms with Gasteiger partial charge < -0.3 is 15.2 Å². The van der Waals surface area contributed by atoms with E-state index in [4.69, 9.17) is 0 Å². The molecule has 0 atom stereocenters. The Labute approximate surface area is 185 Å². The second kappa shape index (κ2) is 7.13. The van der Waals surface area contributed by atoms with E-state index in [-0.39, 0.29) is 11.5 Å². The molecule has 1 aliphatic carbocycles. The lowest BCUT2D eigenvalue weighted by Crippen LogP contribution is -2.71. The Hall–Kier alpha value is -3.26. The number of nitrogens with zero attached hydrogens (tertiary/aromatic N) is 4. The number of aromatic nitrogens is 3. The van der Waals surface area contributed by atoms with Gasteiger partial charge in [-0.15, -0.1) is 0 Å². The summed E-state index contributed by atoms with van der Waals surface area (Å²) < 4.78 is 0. The molecule has 0 bridgehead atoms. The highest BCUT2D eigenvalue weighted by molar-refractivity contribution is 5.92. The van der Waals surface area contributed by atoms with Crippen molar-refractivity contribution in [3.8, 4) is 0 Å². The quantitative estimate of drug-likeness (QED) is 0.642. The van der Waals surface area contributed by atoms with Crippen molar-refractivity contribution in [3.05, 3.63) is 63.8 Å². The van der Waals surface area contributed by atoms with E-state index >= 15 is 0 Å². The summed E-state index contributed by atoms with van der Waals surface area (Å²) in [4.78, 5) is 40.6. The van der Waals surface area contributed by atoms with Crippen molar-refractivity contribution in [3.63, 3.8) is 0 Å². The molecule has 0 radical (unpaired) electrons. The van der Waals surface area contributed by atoms with Gasteiger partial charge in [0.2, 0.25) is 0 Å². The number of H-pyrrole nitrogens is 1. The first-order chi connectivity index (χ1) is 15.5. The number of hydrogen-bond donors (Lipinski definition) is 2. The number of anilines is 1. The minimum atomic E-state index is -0.165. The molecule has 164 valence electrons. The third kappa shape index (κ3) is 3.35. The highest BCUT2D eigenvalue weighted by Gasteiger charge is 2.51. The predicted octanol–water partition coefficient (Wildman–Crippen LogP) is 1.88. The lowest BCUT2D eigenvalue weighted by Gasteiger charge is -2.61. The molecule has 32 heavy (non-hydrogen) atoms. The number of likely N-dealkylation sites (tertiary alicyclic amines) is 1. The molecule has 1 spiro atoms. The van der Waals surface area contributed by atoms with E-state index in [1.165, 1.54) is 0 Å². The van der Waals surface area contributed by atoms with Gasteiger partial charge in [0, 0.05) is 56.9 Å². The van der Waals surface area contributed by atoms with Crippen molar-refractivity contribution in [2.45, 2.75) is 25.3 Å². The van der Waals surface area contributed by atoms with Crippen molar-refractivity contribution in [1.29, 1.82) is 0 Å². The lowest BCUT2D eigenvalue weighted by molar-refractivity contribution is -0.0273. The van der Waals surface area contributed by atoms with E-state index in [1.54, 1.807) is 19.3 Å². The van der Waals surface area contributed by atoms with E-state index < -0.39 is 0 Å². The Morgan fingerprint density at radius 1 is 1.16 bits per heavy atom. The summed E-state index contributed by atoms with van der Waals surface area (Å²) in [6, 6.07) is 7.78. The second-order valence-electron chi connectivity index (χ2n) is 9.59. The van der Waals surface area contributed by atoms with Gasteiger partial charge in [0.15, 0.2) is 0 Å². The summed E-state index contributed by atoms with van der Waals surface area (Å²) in [7, 11) is 1.61. The summed E-state index contributed by atoms with van der Waals surface area (Å²) in [5.41, 5.74) is 5.61.